The molecule has 0 unspecified atom stereocenters. The van der Waals surface area contributed by atoms with Crippen LogP contribution in [0.3, 0.4) is 0 Å². The lowest BCUT2D eigenvalue weighted by atomic mass is 10.3. The van der Waals surface area contributed by atoms with Gasteiger partial charge in [-0.1, -0.05) is 6.07 Å². The van der Waals surface area contributed by atoms with Crippen LogP contribution in [-0.4, -0.2) is 25.7 Å². The van der Waals surface area contributed by atoms with Gasteiger partial charge in [-0.15, -0.1) is 21.5 Å². The third-order valence-electron chi connectivity index (χ3n) is 3.68. The molecule has 130 valence electrons. The molecule has 7 nitrogen and oxygen atoms in total. The van der Waals surface area contributed by atoms with E-state index in [1.807, 2.05) is 42.6 Å². The SMILES string of the molecule is Cc1ccc(/C=C/C(=O)NCc2nnc3ccc(-c4cccs4)nn23)o1. The quantitative estimate of drug-likeness (QED) is 0.549. The van der Waals surface area contributed by atoms with E-state index in [4.69, 9.17) is 4.42 Å². The summed E-state index contributed by atoms with van der Waals surface area (Å²) in [6, 6.07) is 11.4. The standard InChI is InChI=1S/C18H15N5O2S/c1-12-4-5-13(25-12)6-9-18(24)19-11-17-21-20-16-8-7-14(22-23(16)17)15-3-2-10-26-15/h2-10H,11H2,1H3,(H,19,24)/b9-6+. The van der Waals surface area contributed by atoms with E-state index in [0.717, 1.165) is 16.3 Å². The van der Waals surface area contributed by atoms with E-state index in [9.17, 15) is 4.79 Å². The molecule has 1 N–H and O–H groups in total. The maximum Gasteiger partial charge on any atom is 0.244 e. The van der Waals surface area contributed by atoms with Gasteiger partial charge < -0.3 is 9.73 Å². The molecule has 4 aromatic heterocycles. The molecule has 26 heavy (non-hydrogen) atoms. The van der Waals surface area contributed by atoms with Gasteiger partial charge in [-0.05, 0) is 48.7 Å². The highest BCUT2D eigenvalue weighted by Gasteiger charge is 2.10. The van der Waals surface area contributed by atoms with E-state index in [0.29, 0.717) is 17.2 Å². The molecule has 0 bridgehead atoms. The predicted octanol–water partition coefficient (Wildman–Crippen LogP) is 3.08. The lowest BCUT2D eigenvalue weighted by molar-refractivity contribution is -0.116. The Balaban J connectivity index is 1.47. The molecule has 8 heteroatoms. The number of thiophene rings is 1. The van der Waals surface area contributed by atoms with Crippen molar-refractivity contribution >= 4 is 29.0 Å². The van der Waals surface area contributed by atoms with Crippen molar-refractivity contribution in [1.29, 1.82) is 0 Å². The third-order valence-corrected chi connectivity index (χ3v) is 4.57. The summed E-state index contributed by atoms with van der Waals surface area (Å²) >= 11 is 1.61. The Morgan fingerprint density at radius 2 is 2.19 bits per heavy atom. The van der Waals surface area contributed by atoms with Gasteiger partial charge in [0.1, 0.15) is 17.2 Å². The third kappa shape index (κ3) is 3.40. The van der Waals surface area contributed by atoms with E-state index in [-0.39, 0.29) is 12.5 Å². The number of nitrogens with one attached hydrogen (secondary N) is 1. The largest absolute Gasteiger partial charge is 0.462 e. The first-order valence-electron chi connectivity index (χ1n) is 7.96. The summed E-state index contributed by atoms with van der Waals surface area (Å²) in [5.74, 6) is 1.75. The lowest BCUT2D eigenvalue weighted by Crippen LogP contribution is -2.22. The highest BCUT2D eigenvalue weighted by Crippen LogP contribution is 2.22. The van der Waals surface area contributed by atoms with Crippen LogP contribution in [0.15, 0.2) is 52.3 Å². The highest BCUT2D eigenvalue weighted by molar-refractivity contribution is 7.13. The molecule has 0 saturated carbocycles. The first-order valence-corrected chi connectivity index (χ1v) is 8.84. The number of hydrogen-bond donors (Lipinski definition) is 1. The van der Waals surface area contributed by atoms with Gasteiger partial charge in [-0.3, -0.25) is 4.79 Å². The number of fused-ring (bicyclic) bond motifs is 1. The van der Waals surface area contributed by atoms with Gasteiger partial charge in [0, 0.05) is 6.08 Å². The van der Waals surface area contributed by atoms with Crippen LogP contribution in [0, 0.1) is 6.92 Å². The Morgan fingerprint density at radius 1 is 1.27 bits per heavy atom. The number of aromatic nitrogens is 4. The normalized spacial score (nSPS) is 11.4. The molecule has 4 heterocycles. The zero-order valence-electron chi connectivity index (χ0n) is 13.9. The minimum Gasteiger partial charge on any atom is -0.462 e. The summed E-state index contributed by atoms with van der Waals surface area (Å²) < 4.78 is 7.04. The first kappa shape index (κ1) is 16.2. The topological polar surface area (TPSA) is 85.3 Å². The predicted molar refractivity (Wildman–Crippen MR) is 98.4 cm³/mol. The monoisotopic (exact) mass is 365 g/mol. The number of nitrogens with zero attached hydrogens (tertiary/aromatic N) is 4. The van der Waals surface area contributed by atoms with Gasteiger partial charge in [0.2, 0.25) is 5.91 Å². The summed E-state index contributed by atoms with van der Waals surface area (Å²) in [6.45, 7) is 2.08. The van der Waals surface area contributed by atoms with Gasteiger partial charge >= 0.3 is 0 Å². The van der Waals surface area contributed by atoms with Crippen LogP contribution in [-0.2, 0) is 11.3 Å². The summed E-state index contributed by atoms with van der Waals surface area (Å²) in [6.07, 6.45) is 3.05. The van der Waals surface area contributed by atoms with Gasteiger partial charge in [-0.2, -0.15) is 9.61 Å². The Labute approximate surface area is 153 Å². The number of rotatable bonds is 5. The van der Waals surface area contributed by atoms with Crippen LogP contribution in [0.4, 0.5) is 0 Å². The Morgan fingerprint density at radius 3 is 2.96 bits per heavy atom. The molecule has 4 aromatic rings. The number of furan rings is 1. The molecular weight excluding hydrogens is 350 g/mol. The molecule has 4 rings (SSSR count). The number of aryl methyl sites for hydroxylation is 1. The van der Waals surface area contributed by atoms with Crippen LogP contribution in [0.5, 0.6) is 0 Å². The van der Waals surface area contributed by atoms with Crippen molar-refractivity contribution in [2.24, 2.45) is 0 Å². The van der Waals surface area contributed by atoms with Gasteiger partial charge in [0.25, 0.3) is 0 Å². The average Bonchev–Trinajstić information content (AvgIpc) is 3.38. The lowest BCUT2D eigenvalue weighted by Gasteiger charge is -2.02. The fourth-order valence-electron chi connectivity index (χ4n) is 2.43. The molecule has 0 aliphatic rings. The molecule has 0 saturated heterocycles. The van der Waals surface area contributed by atoms with Gasteiger partial charge in [-0.25, -0.2) is 0 Å². The number of carbonyl (C=O) groups excluding carboxylic acids is 1. The summed E-state index contributed by atoms with van der Waals surface area (Å²) in [5, 5.41) is 17.5. The van der Waals surface area contributed by atoms with Crippen molar-refractivity contribution in [1.82, 2.24) is 25.1 Å². The maximum atomic E-state index is 12.0. The zero-order valence-corrected chi connectivity index (χ0v) is 14.7. The van der Waals surface area contributed by atoms with E-state index >= 15 is 0 Å². The smallest absolute Gasteiger partial charge is 0.244 e. The molecular formula is C18H15N5O2S. The van der Waals surface area contributed by atoms with Crippen molar-refractivity contribution in [3.8, 4) is 10.6 Å². The van der Waals surface area contributed by atoms with Crippen molar-refractivity contribution in [3.05, 3.63) is 65.2 Å². The van der Waals surface area contributed by atoms with Crippen LogP contribution < -0.4 is 5.32 Å². The number of amides is 1. The maximum absolute atomic E-state index is 12.0. The van der Waals surface area contributed by atoms with E-state index in [1.165, 1.54) is 6.08 Å². The average molecular weight is 365 g/mol. The first-order chi connectivity index (χ1) is 12.7. The Hall–Kier alpha value is -3.26. The molecule has 1 amide bonds. The number of carbonyl (C=O) groups is 1. The fraction of sp³-hybridized carbons (Fsp3) is 0.111. The summed E-state index contributed by atoms with van der Waals surface area (Å²) in [7, 11) is 0. The second-order valence-electron chi connectivity index (χ2n) is 5.58. The second kappa shape index (κ2) is 6.93. The van der Waals surface area contributed by atoms with Crippen molar-refractivity contribution in [2.45, 2.75) is 13.5 Å². The van der Waals surface area contributed by atoms with Crippen molar-refractivity contribution in [2.75, 3.05) is 0 Å². The minimum atomic E-state index is -0.245. The second-order valence-corrected chi connectivity index (χ2v) is 6.53. The van der Waals surface area contributed by atoms with E-state index in [2.05, 4.69) is 20.6 Å². The minimum absolute atomic E-state index is 0.225. The molecule has 0 aliphatic heterocycles. The summed E-state index contributed by atoms with van der Waals surface area (Å²) in [4.78, 5) is 13.1. The van der Waals surface area contributed by atoms with Gasteiger partial charge in [0.05, 0.1) is 11.4 Å². The Kier molecular flexibility index (Phi) is 4.32. The summed E-state index contributed by atoms with van der Waals surface area (Å²) in [5.41, 5.74) is 1.48. The van der Waals surface area contributed by atoms with Gasteiger partial charge in [0.15, 0.2) is 11.5 Å². The number of hydrogen-bond acceptors (Lipinski definition) is 6. The van der Waals surface area contributed by atoms with Crippen LogP contribution in [0.1, 0.15) is 17.3 Å². The Bertz CT molecular complexity index is 1080. The van der Waals surface area contributed by atoms with E-state index in [1.54, 1.807) is 28.0 Å². The van der Waals surface area contributed by atoms with Crippen molar-refractivity contribution < 1.29 is 9.21 Å². The molecule has 0 radical (unpaired) electrons. The van der Waals surface area contributed by atoms with Crippen LogP contribution >= 0.6 is 11.3 Å². The van der Waals surface area contributed by atoms with Crippen LogP contribution in [0.25, 0.3) is 22.3 Å². The molecule has 0 fully saturated rings. The highest BCUT2D eigenvalue weighted by atomic mass is 32.1. The fourth-order valence-corrected chi connectivity index (χ4v) is 3.12. The molecule has 0 aliphatic carbocycles. The molecule has 0 spiro atoms. The van der Waals surface area contributed by atoms with Crippen molar-refractivity contribution in [3.63, 3.8) is 0 Å². The van der Waals surface area contributed by atoms with Crippen LogP contribution in [0.2, 0.25) is 0 Å². The zero-order chi connectivity index (χ0) is 17.9. The molecule has 0 aromatic carbocycles. The van der Waals surface area contributed by atoms with E-state index < -0.39 is 0 Å². The molecule has 0 atom stereocenters.